The Balaban J connectivity index is 0.000000347. The zero-order valence-electron chi connectivity index (χ0n) is 32.1. The number of hydrogen-bond donors (Lipinski definition) is 1. The second-order valence-corrected chi connectivity index (χ2v) is 26.8. The van der Waals surface area contributed by atoms with E-state index in [1.165, 1.54) is 6.08 Å². The van der Waals surface area contributed by atoms with Crippen molar-refractivity contribution in [2.75, 3.05) is 0 Å². The number of furan rings is 1. The molecule has 1 radical (unpaired) electrons. The number of aryl methyl sites for hydroxylation is 2. The van der Waals surface area contributed by atoms with Crippen LogP contribution in [-0.4, -0.2) is 29.1 Å². The Labute approximate surface area is 327 Å². The summed E-state index contributed by atoms with van der Waals surface area (Å²) in [4.78, 5) is 16.7. The van der Waals surface area contributed by atoms with E-state index >= 15 is 0 Å². The minimum absolute atomic E-state index is 0. The Kier molecular flexibility index (Phi) is 14.1. The van der Waals surface area contributed by atoms with Crippen molar-refractivity contribution in [3.8, 4) is 22.6 Å². The first kappa shape index (κ1) is 43.7. The number of allylic oxidation sites excluding steroid dienone is 2. The molecule has 10 heteroatoms. The van der Waals surface area contributed by atoms with E-state index in [9.17, 15) is 23.1 Å². The molecule has 0 saturated carbocycles. The Morgan fingerprint density at radius 3 is 2.04 bits per heavy atom. The number of rotatable bonds is 10. The summed E-state index contributed by atoms with van der Waals surface area (Å²) < 4.78 is 51.2. The number of alkyl halides is 3. The molecule has 1 N–H and O–H groups in total. The SMILES string of the molecule is CCC(C)(CC)C(=O)/C=C(\O)C(C)(CC)CC.Cc1[c-]c(-c2nccc3c2sc2c(C(F)(F)F)c(-c4c[c]([Ge]([CH3])([CH3])[CH3])co4)ccc23)cc(C)c1.[Ir]. The molecule has 3 aromatic heterocycles. The van der Waals surface area contributed by atoms with Crippen molar-refractivity contribution in [1.82, 2.24) is 4.98 Å². The summed E-state index contributed by atoms with van der Waals surface area (Å²) in [5, 5.41) is 11.5. The molecular weight excluding hydrogens is 920 g/mol. The molecule has 52 heavy (non-hydrogen) atoms. The van der Waals surface area contributed by atoms with Crippen molar-refractivity contribution in [3.63, 3.8) is 0 Å². The van der Waals surface area contributed by atoms with Crippen LogP contribution in [0.5, 0.6) is 0 Å². The maximum atomic E-state index is 14.5. The summed E-state index contributed by atoms with van der Waals surface area (Å²) in [6.45, 7) is 16.0. The number of hydrogen-bond acceptors (Lipinski definition) is 5. The number of carbonyl (C=O) groups excluding carboxylic acids is 1. The zero-order chi connectivity index (χ0) is 38.1. The molecule has 0 atom stereocenters. The number of nitrogens with zero attached hydrogens (tertiary/aromatic N) is 1. The van der Waals surface area contributed by atoms with Gasteiger partial charge < -0.3 is 5.11 Å². The normalized spacial score (nSPS) is 12.8. The Bertz CT molecular complexity index is 2040. The van der Waals surface area contributed by atoms with Crippen molar-refractivity contribution >= 4 is 55.0 Å². The third kappa shape index (κ3) is 9.14. The van der Waals surface area contributed by atoms with Crippen LogP contribution in [0.15, 0.2) is 65.1 Å². The smallest absolute Gasteiger partial charge is 0.137 e. The van der Waals surface area contributed by atoms with Crippen molar-refractivity contribution in [1.29, 1.82) is 0 Å². The molecule has 0 saturated heterocycles. The molecule has 5 rings (SSSR count). The van der Waals surface area contributed by atoms with Gasteiger partial charge in [-0.1, -0.05) is 55.4 Å². The van der Waals surface area contributed by atoms with Crippen LogP contribution in [0.3, 0.4) is 0 Å². The summed E-state index contributed by atoms with van der Waals surface area (Å²) in [6.07, 6.45) is 3.50. The van der Waals surface area contributed by atoms with Crippen LogP contribution in [0.4, 0.5) is 13.2 Å². The number of aliphatic hydroxyl groups excluding tert-OH is 1. The number of benzene rings is 2. The standard InChI is InChI=1S/C27H23F3GeNOS.C15H28O2.Ir/c1-15-10-16(2)12-17(11-15)24-26-20(8-9-32-24)19-6-7-21(23(25(19)34-26)27(28,29)30)22-13-18(14-33-22)31(3,4)5;1-7-14(5,8-2)12(16)11-13(17)15(6,9-3)10-4;/h6-11,13-14H,1-5H3;11,16H,7-10H2,1-6H3;/q-1;;/b;12-11-;. The fraction of sp³-hybridized carbons (Fsp3) is 0.429. The van der Waals surface area contributed by atoms with Crippen LogP contribution in [0, 0.1) is 30.7 Å². The number of halogens is 3. The van der Waals surface area contributed by atoms with Crippen molar-refractivity contribution in [2.45, 2.75) is 105 Å². The number of aliphatic hydroxyl groups is 1. The van der Waals surface area contributed by atoms with Gasteiger partial charge in [-0.15, -0.1) is 6.07 Å². The summed E-state index contributed by atoms with van der Waals surface area (Å²) >= 11 is -1.11. The molecule has 3 heterocycles. The predicted octanol–water partition coefficient (Wildman–Crippen LogP) is 13.0. The van der Waals surface area contributed by atoms with Crippen LogP contribution >= 0.6 is 11.3 Å². The Morgan fingerprint density at radius 1 is 0.923 bits per heavy atom. The molecule has 0 amide bonds. The molecule has 0 fully saturated rings. The minimum atomic E-state index is -4.54. The van der Waals surface area contributed by atoms with Gasteiger partial charge in [-0.3, -0.25) is 4.79 Å². The van der Waals surface area contributed by atoms with Crippen LogP contribution in [0.2, 0.25) is 17.3 Å². The van der Waals surface area contributed by atoms with E-state index in [4.69, 9.17) is 4.42 Å². The van der Waals surface area contributed by atoms with Crippen molar-refractivity contribution in [3.05, 3.63) is 83.5 Å². The molecule has 283 valence electrons. The van der Waals surface area contributed by atoms with Crippen molar-refractivity contribution < 1.29 is 47.6 Å². The van der Waals surface area contributed by atoms with Gasteiger partial charge in [0.15, 0.2) is 5.78 Å². The summed E-state index contributed by atoms with van der Waals surface area (Å²) in [5.41, 5.74) is 2.29. The average molecular weight is 972 g/mol. The fourth-order valence-corrected chi connectivity index (χ4v) is 9.44. The molecule has 0 spiro atoms. The minimum Gasteiger partial charge on any atom is -0.137 e. The van der Waals surface area contributed by atoms with E-state index in [2.05, 4.69) is 28.3 Å². The molecule has 0 unspecified atom stereocenters. The fourth-order valence-electron chi connectivity index (χ4n) is 6.02. The van der Waals surface area contributed by atoms with Gasteiger partial charge in [0, 0.05) is 37.0 Å². The van der Waals surface area contributed by atoms with E-state index in [-0.39, 0.29) is 58.5 Å². The number of aromatic nitrogens is 1. The van der Waals surface area contributed by atoms with E-state index in [1.54, 1.807) is 36.7 Å². The van der Waals surface area contributed by atoms with Crippen LogP contribution in [0.1, 0.15) is 83.9 Å². The summed E-state index contributed by atoms with van der Waals surface area (Å²) in [5.74, 6) is 7.12. The van der Waals surface area contributed by atoms with Gasteiger partial charge in [0.2, 0.25) is 0 Å². The van der Waals surface area contributed by atoms with Crippen LogP contribution < -0.4 is 4.40 Å². The Hall–Kier alpha value is -2.72. The van der Waals surface area contributed by atoms with E-state index in [1.807, 2.05) is 67.5 Å². The second kappa shape index (κ2) is 16.7. The van der Waals surface area contributed by atoms with Gasteiger partial charge in [-0.25, -0.2) is 0 Å². The molecule has 4 nitrogen and oxygen atoms in total. The predicted molar refractivity (Wildman–Crippen MR) is 210 cm³/mol. The monoisotopic (exact) mass is 973 g/mol. The van der Waals surface area contributed by atoms with Crippen LogP contribution in [0.25, 0.3) is 42.8 Å². The zero-order valence-corrected chi connectivity index (χ0v) is 37.4. The van der Waals surface area contributed by atoms with E-state index in [0.29, 0.717) is 11.1 Å². The average Bonchev–Trinajstić information content (AvgIpc) is 3.72. The number of ketones is 1. The van der Waals surface area contributed by atoms with Gasteiger partial charge >= 0.3 is 183 Å². The van der Waals surface area contributed by atoms with Gasteiger partial charge in [0.25, 0.3) is 0 Å². The number of thiophene rings is 1. The van der Waals surface area contributed by atoms with Gasteiger partial charge in [-0.2, -0.15) is 0 Å². The van der Waals surface area contributed by atoms with Crippen molar-refractivity contribution in [2.24, 2.45) is 10.8 Å². The summed E-state index contributed by atoms with van der Waals surface area (Å²) in [6, 6.07) is 14.2. The topological polar surface area (TPSA) is 63.3 Å². The van der Waals surface area contributed by atoms with Gasteiger partial charge in [0.1, 0.15) is 5.76 Å². The molecular formula is C42H51F3GeIrNO3S-. The number of fused-ring (bicyclic) bond motifs is 3. The molecule has 0 aliphatic carbocycles. The first-order valence-electron chi connectivity index (χ1n) is 17.7. The molecule has 0 aliphatic rings. The number of pyridine rings is 1. The van der Waals surface area contributed by atoms with E-state index < -0.39 is 25.0 Å². The molecule has 2 aromatic carbocycles. The third-order valence-electron chi connectivity index (χ3n) is 10.6. The Morgan fingerprint density at radius 2 is 1.52 bits per heavy atom. The maximum absolute atomic E-state index is 14.5. The quantitative estimate of drug-likeness (QED) is 0.0655. The second-order valence-electron chi connectivity index (χ2n) is 15.1. The first-order chi connectivity index (χ1) is 23.7. The van der Waals surface area contributed by atoms with Crippen LogP contribution in [-0.2, 0) is 31.1 Å². The molecule has 0 aliphatic heterocycles. The third-order valence-corrected chi connectivity index (χ3v) is 16.0. The number of carbonyl (C=O) groups is 1. The molecule has 0 bridgehead atoms. The summed E-state index contributed by atoms with van der Waals surface area (Å²) in [7, 11) is 0. The van der Waals surface area contributed by atoms with Gasteiger partial charge in [-0.05, 0) is 25.7 Å². The van der Waals surface area contributed by atoms with Gasteiger partial charge in [0.05, 0.1) is 0 Å². The first-order valence-corrected chi connectivity index (χ1v) is 25.9. The molecule has 5 aromatic rings. The van der Waals surface area contributed by atoms with E-state index in [0.717, 1.165) is 68.2 Å².